The Morgan fingerprint density at radius 3 is 1.70 bits per heavy atom. The third kappa shape index (κ3) is 13.3. The molecule has 176 valence electrons. The number of esters is 2. The standard InChI is InChI=1S/C26H48O4/c1-4-5-6-10-13-19-29-25(27)23-17-15-18-24(21-23)26(28)30-20-14-11-8-7-9-12-16-22(2)3/h22-24H,4-21H2,1-3H3. The molecular formula is C26H48O4. The van der Waals surface area contributed by atoms with Gasteiger partial charge in [0.2, 0.25) is 0 Å². The predicted octanol–water partition coefficient (Wildman–Crippen LogP) is 7.24. The molecule has 4 heteroatoms. The highest BCUT2D eigenvalue weighted by Crippen LogP contribution is 2.31. The van der Waals surface area contributed by atoms with Gasteiger partial charge in [-0.3, -0.25) is 9.59 Å². The second-order valence-electron chi connectivity index (χ2n) is 9.61. The molecule has 0 saturated heterocycles. The first-order valence-electron chi connectivity index (χ1n) is 12.9. The number of carbonyl (C=O) groups is 2. The summed E-state index contributed by atoms with van der Waals surface area (Å²) in [6.45, 7) is 7.79. The molecule has 0 radical (unpaired) electrons. The van der Waals surface area contributed by atoms with E-state index < -0.39 is 0 Å². The number of carbonyl (C=O) groups excluding carboxylic acids is 2. The van der Waals surface area contributed by atoms with Crippen molar-refractivity contribution in [1.29, 1.82) is 0 Å². The Bertz CT molecular complexity index is 446. The lowest BCUT2D eigenvalue weighted by Crippen LogP contribution is -2.30. The normalized spacial score (nSPS) is 19.1. The van der Waals surface area contributed by atoms with Crippen molar-refractivity contribution in [1.82, 2.24) is 0 Å². The summed E-state index contributed by atoms with van der Waals surface area (Å²) in [6.07, 6.45) is 17.5. The zero-order valence-electron chi connectivity index (χ0n) is 20.1. The third-order valence-electron chi connectivity index (χ3n) is 6.25. The number of unbranched alkanes of at least 4 members (excludes halogenated alkanes) is 9. The summed E-state index contributed by atoms with van der Waals surface area (Å²) in [5.41, 5.74) is 0. The zero-order valence-corrected chi connectivity index (χ0v) is 20.1. The molecule has 2 unspecified atom stereocenters. The first-order valence-corrected chi connectivity index (χ1v) is 12.9. The smallest absolute Gasteiger partial charge is 0.308 e. The number of hydrogen-bond donors (Lipinski definition) is 0. The van der Waals surface area contributed by atoms with Crippen LogP contribution < -0.4 is 0 Å². The van der Waals surface area contributed by atoms with Gasteiger partial charge in [0, 0.05) is 0 Å². The van der Waals surface area contributed by atoms with Gasteiger partial charge in [-0.2, -0.15) is 0 Å². The number of ether oxygens (including phenoxy) is 2. The maximum Gasteiger partial charge on any atom is 0.308 e. The summed E-state index contributed by atoms with van der Waals surface area (Å²) in [7, 11) is 0. The largest absolute Gasteiger partial charge is 0.465 e. The molecule has 0 N–H and O–H groups in total. The summed E-state index contributed by atoms with van der Waals surface area (Å²) in [5, 5.41) is 0. The molecule has 0 heterocycles. The molecule has 0 bridgehead atoms. The van der Waals surface area contributed by atoms with E-state index in [4.69, 9.17) is 9.47 Å². The van der Waals surface area contributed by atoms with E-state index in [1.807, 2.05) is 0 Å². The molecule has 2 atom stereocenters. The van der Waals surface area contributed by atoms with Crippen molar-refractivity contribution in [2.75, 3.05) is 13.2 Å². The Balaban J connectivity index is 2.08. The van der Waals surface area contributed by atoms with E-state index in [9.17, 15) is 9.59 Å². The summed E-state index contributed by atoms with van der Waals surface area (Å²) in [5.74, 6) is 0.334. The van der Waals surface area contributed by atoms with Gasteiger partial charge in [0.05, 0.1) is 25.0 Å². The van der Waals surface area contributed by atoms with Crippen molar-refractivity contribution in [3.8, 4) is 0 Å². The van der Waals surface area contributed by atoms with Gasteiger partial charge in [0.25, 0.3) is 0 Å². The van der Waals surface area contributed by atoms with Crippen molar-refractivity contribution in [2.24, 2.45) is 17.8 Å². The maximum atomic E-state index is 12.4. The average molecular weight is 425 g/mol. The van der Waals surface area contributed by atoms with Gasteiger partial charge >= 0.3 is 11.9 Å². The molecule has 0 aromatic carbocycles. The lowest BCUT2D eigenvalue weighted by atomic mass is 9.81. The second kappa shape index (κ2) is 17.6. The Labute approximate surface area is 185 Å². The maximum absolute atomic E-state index is 12.4. The minimum atomic E-state index is -0.128. The van der Waals surface area contributed by atoms with Gasteiger partial charge in [-0.25, -0.2) is 0 Å². The van der Waals surface area contributed by atoms with E-state index in [2.05, 4.69) is 20.8 Å². The van der Waals surface area contributed by atoms with Crippen LogP contribution in [0.3, 0.4) is 0 Å². The van der Waals surface area contributed by atoms with E-state index in [0.29, 0.717) is 19.6 Å². The van der Waals surface area contributed by atoms with Crippen LogP contribution in [0.4, 0.5) is 0 Å². The molecule has 4 nitrogen and oxygen atoms in total. The van der Waals surface area contributed by atoms with E-state index >= 15 is 0 Å². The summed E-state index contributed by atoms with van der Waals surface area (Å²) < 4.78 is 11.0. The summed E-state index contributed by atoms with van der Waals surface area (Å²) in [6, 6.07) is 0. The van der Waals surface area contributed by atoms with Crippen LogP contribution in [-0.4, -0.2) is 25.2 Å². The Hall–Kier alpha value is -1.06. The molecule has 0 aromatic heterocycles. The van der Waals surface area contributed by atoms with Crippen molar-refractivity contribution in [3.63, 3.8) is 0 Å². The van der Waals surface area contributed by atoms with Crippen molar-refractivity contribution < 1.29 is 19.1 Å². The minimum absolute atomic E-state index is 0.107. The minimum Gasteiger partial charge on any atom is -0.465 e. The molecule has 30 heavy (non-hydrogen) atoms. The molecule has 1 aliphatic carbocycles. The summed E-state index contributed by atoms with van der Waals surface area (Å²) in [4.78, 5) is 24.7. The van der Waals surface area contributed by atoms with E-state index in [0.717, 1.165) is 50.9 Å². The van der Waals surface area contributed by atoms with Crippen molar-refractivity contribution in [2.45, 2.75) is 124 Å². The highest BCUT2D eigenvalue weighted by Gasteiger charge is 2.32. The van der Waals surface area contributed by atoms with Crippen LogP contribution in [0.5, 0.6) is 0 Å². The predicted molar refractivity (Wildman–Crippen MR) is 123 cm³/mol. The van der Waals surface area contributed by atoms with Crippen molar-refractivity contribution in [3.05, 3.63) is 0 Å². The Morgan fingerprint density at radius 1 is 0.733 bits per heavy atom. The topological polar surface area (TPSA) is 52.6 Å². The van der Waals surface area contributed by atoms with Crippen LogP contribution in [0.15, 0.2) is 0 Å². The van der Waals surface area contributed by atoms with Crippen LogP contribution in [0, 0.1) is 17.8 Å². The lowest BCUT2D eigenvalue weighted by Gasteiger charge is -2.26. The van der Waals surface area contributed by atoms with Crippen LogP contribution in [0.2, 0.25) is 0 Å². The second-order valence-corrected chi connectivity index (χ2v) is 9.61. The molecule has 0 spiro atoms. The van der Waals surface area contributed by atoms with Gasteiger partial charge in [-0.1, -0.05) is 91.4 Å². The highest BCUT2D eigenvalue weighted by atomic mass is 16.5. The Morgan fingerprint density at radius 2 is 1.20 bits per heavy atom. The molecule has 0 aliphatic heterocycles. The first-order chi connectivity index (χ1) is 14.5. The van der Waals surface area contributed by atoms with Gasteiger partial charge in [0.1, 0.15) is 0 Å². The van der Waals surface area contributed by atoms with E-state index in [1.165, 1.54) is 51.4 Å². The van der Waals surface area contributed by atoms with Gasteiger partial charge in [0.15, 0.2) is 0 Å². The average Bonchev–Trinajstić information content (AvgIpc) is 2.74. The van der Waals surface area contributed by atoms with E-state index in [1.54, 1.807) is 0 Å². The number of rotatable bonds is 17. The quantitative estimate of drug-likeness (QED) is 0.182. The van der Waals surface area contributed by atoms with Crippen molar-refractivity contribution >= 4 is 11.9 Å². The molecular weight excluding hydrogens is 376 g/mol. The fourth-order valence-electron chi connectivity index (χ4n) is 4.27. The van der Waals surface area contributed by atoms with Gasteiger partial charge < -0.3 is 9.47 Å². The fourth-order valence-corrected chi connectivity index (χ4v) is 4.27. The van der Waals surface area contributed by atoms with Crippen LogP contribution in [-0.2, 0) is 19.1 Å². The monoisotopic (exact) mass is 424 g/mol. The highest BCUT2D eigenvalue weighted by molar-refractivity contribution is 5.76. The van der Waals surface area contributed by atoms with Crippen LogP contribution >= 0.6 is 0 Å². The third-order valence-corrected chi connectivity index (χ3v) is 6.25. The van der Waals surface area contributed by atoms with Crippen LogP contribution in [0.25, 0.3) is 0 Å². The summed E-state index contributed by atoms with van der Waals surface area (Å²) >= 11 is 0. The molecule has 0 amide bonds. The zero-order chi connectivity index (χ0) is 22.0. The van der Waals surface area contributed by atoms with Crippen LogP contribution in [0.1, 0.15) is 124 Å². The molecule has 1 fully saturated rings. The fraction of sp³-hybridized carbons (Fsp3) is 0.923. The first kappa shape index (κ1) is 27.0. The SMILES string of the molecule is CCCCCCCOC(=O)C1CCCC(C(=O)OCCCCCCCCC(C)C)C1. The number of hydrogen-bond acceptors (Lipinski definition) is 4. The molecule has 1 rings (SSSR count). The Kier molecular flexibility index (Phi) is 15.8. The lowest BCUT2D eigenvalue weighted by molar-refractivity contribution is -0.155. The molecule has 0 aromatic rings. The van der Waals surface area contributed by atoms with E-state index in [-0.39, 0.29) is 23.8 Å². The molecule has 1 aliphatic rings. The van der Waals surface area contributed by atoms with Gasteiger partial charge in [-0.05, 0) is 38.0 Å². The van der Waals surface area contributed by atoms with Gasteiger partial charge in [-0.15, -0.1) is 0 Å². The molecule has 1 saturated carbocycles.